The first kappa shape index (κ1) is 28.7. The van der Waals surface area contributed by atoms with Gasteiger partial charge in [0.1, 0.15) is 23.2 Å². The second-order valence-electron chi connectivity index (χ2n) is 12.9. The Morgan fingerprint density at radius 2 is 1.22 bits per heavy atom. The zero-order chi connectivity index (χ0) is 33.5. The lowest BCUT2D eigenvalue weighted by atomic mass is 9.98. The largest absolute Gasteiger partial charge is 0.455 e. The first-order valence-electron chi connectivity index (χ1n) is 17.0. The van der Waals surface area contributed by atoms with Gasteiger partial charge in [0.2, 0.25) is 0 Å². The summed E-state index contributed by atoms with van der Waals surface area (Å²) in [6.07, 6.45) is -0.354. The van der Waals surface area contributed by atoms with Crippen molar-refractivity contribution in [3.05, 3.63) is 168 Å². The van der Waals surface area contributed by atoms with Crippen molar-refractivity contribution in [2.45, 2.75) is 6.17 Å². The third-order valence-corrected chi connectivity index (χ3v) is 12.3. The standard InChI is InChI=1S/C45H27N3OS2/c1-2-12-26(13-3-1)28-14-4-5-17-32(28)44-46-43(27-22-23-31-30-16-7-10-20-37(30)50-39(31)24-27)47-45(48-44)35-25-34-29-15-6-9-19-36(29)49-41(34)40-33-18-8-11-21-38(33)51-42(35)40/h1-25,43H,(H,46,47,48). The summed E-state index contributed by atoms with van der Waals surface area (Å²) in [5.41, 5.74) is 7.17. The molecule has 1 aliphatic heterocycles. The first-order valence-corrected chi connectivity index (χ1v) is 18.6. The molecule has 240 valence electrons. The number of hydrogen-bond donors (Lipinski definition) is 1. The van der Waals surface area contributed by atoms with Crippen LogP contribution in [0.2, 0.25) is 0 Å². The fourth-order valence-corrected chi connectivity index (χ4v) is 9.95. The molecule has 10 aromatic rings. The molecule has 0 bridgehead atoms. The van der Waals surface area contributed by atoms with Crippen molar-refractivity contribution in [3.63, 3.8) is 0 Å². The fourth-order valence-electron chi connectivity index (χ4n) is 7.58. The number of thiophene rings is 2. The molecule has 0 amide bonds. The predicted octanol–water partition coefficient (Wildman–Crippen LogP) is 12.5. The highest BCUT2D eigenvalue weighted by Gasteiger charge is 2.27. The molecule has 51 heavy (non-hydrogen) atoms. The van der Waals surface area contributed by atoms with Crippen LogP contribution in [0.1, 0.15) is 22.9 Å². The van der Waals surface area contributed by atoms with Crippen molar-refractivity contribution >= 4 is 96.6 Å². The molecule has 3 aromatic heterocycles. The van der Waals surface area contributed by atoms with E-state index in [4.69, 9.17) is 14.4 Å². The zero-order valence-electron chi connectivity index (χ0n) is 27.1. The number of fused-ring (bicyclic) bond motifs is 10. The van der Waals surface area contributed by atoms with Crippen molar-refractivity contribution in [1.82, 2.24) is 5.32 Å². The fraction of sp³-hybridized carbons (Fsp3) is 0.0222. The number of nitrogens with one attached hydrogen (secondary N) is 1. The Morgan fingerprint density at radius 3 is 2.08 bits per heavy atom. The van der Waals surface area contributed by atoms with E-state index in [2.05, 4.69) is 151 Å². The van der Waals surface area contributed by atoms with Crippen molar-refractivity contribution in [1.29, 1.82) is 0 Å². The van der Waals surface area contributed by atoms with Gasteiger partial charge in [0, 0.05) is 57.5 Å². The minimum absolute atomic E-state index is 0.354. The van der Waals surface area contributed by atoms with Gasteiger partial charge in [0.15, 0.2) is 5.84 Å². The van der Waals surface area contributed by atoms with Crippen molar-refractivity contribution in [3.8, 4) is 11.1 Å². The number of para-hydroxylation sites is 1. The number of aliphatic imine (C=N–C) groups is 2. The van der Waals surface area contributed by atoms with E-state index in [0.717, 1.165) is 65.7 Å². The SMILES string of the molecule is c1ccc(-c2ccccc2C2=NC(c3ccc4c(c3)sc3ccccc34)NC(c3cc4c5ccccc5oc4c4c3sc3ccccc34)=N2)cc1. The second kappa shape index (κ2) is 11.2. The number of furan rings is 1. The van der Waals surface area contributed by atoms with Gasteiger partial charge in [0.05, 0.1) is 4.70 Å². The smallest absolute Gasteiger partial charge is 0.160 e. The van der Waals surface area contributed by atoms with Crippen molar-refractivity contribution < 1.29 is 4.42 Å². The number of rotatable bonds is 4. The van der Waals surface area contributed by atoms with Crippen molar-refractivity contribution in [2.75, 3.05) is 0 Å². The molecule has 1 aliphatic rings. The third-order valence-electron chi connectivity index (χ3n) is 9.96. The van der Waals surface area contributed by atoms with Gasteiger partial charge in [-0.1, -0.05) is 121 Å². The molecule has 0 saturated carbocycles. The Kier molecular flexibility index (Phi) is 6.32. The van der Waals surface area contributed by atoms with Crippen LogP contribution in [0.3, 0.4) is 0 Å². The maximum Gasteiger partial charge on any atom is 0.160 e. The number of benzene rings is 7. The van der Waals surface area contributed by atoms with Gasteiger partial charge < -0.3 is 9.73 Å². The molecule has 0 aliphatic carbocycles. The molecule has 1 unspecified atom stereocenters. The summed E-state index contributed by atoms with van der Waals surface area (Å²) < 4.78 is 11.5. The van der Waals surface area contributed by atoms with Crippen LogP contribution in [0.5, 0.6) is 0 Å². The summed E-state index contributed by atoms with van der Waals surface area (Å²) >= 11 is 3.61. The molecule has 1 N–H and O–H groups in total. The summed E-state index contributed by atoms with van der Waals surface area (Å²) in [5, 5.41) is 10.9. The predicted molar refractivity (Wildman–Crippen MR) is 217 cm³/mol. The van der Waals surface area contributed by atoms with Gasteiger partial charge in [-0.15, -0.1) is 22.7 Å². The average molecular weight is 690 g/mol. The molecule has 7 aromatic carbocycles. The van der Waals surface area contributed by atoms with Crippen LogP contribution in [0.4, 0.5) is 0 Å². The Labute approximate surface area is 300 Å². The molecule has 1 atom stereocenters. The number of nitrogens with zero attached hydrogens (tertiary/aromatic N) is 2. The van der Waals surface area contributed by atoms with Crippen LogP contribution in [-0.2, 0) is 0 Å². The van der Waals surface area contributed by atoms with Gasteiger partial charge in [0.25, 0.3) is 0 Å². The van der Waals surface area contributed by atoms with E-state index >= 15 is 0 Å². The quantitative estimate of drug-likeness (QED) is 0.200. The summed E-state index contributed by atoms with van der Waals surface area (Å²) in [7, 11) is 0. The third kappa shape index (κ3) is 4.50. The van der Waals surface area contributed by atoms with E-state index in [1.54, 1.807) is 11.3 Å². The molecule has 0 radical (unpaired) electrons. The first-order chi connectivity index (χ1) is 25.3. The summed E-state index contributed by atoms with van der Waals surface area (Å²) in [6.45, 7) is 0. The van der Waals surface area contributed by atoms with E-state index in [0.29, 0.717) is 5.84 Å². The van der Waals surface area contributed by atoms with E-state index in [-0.39, 0.29) is 6.17 Å². The van der Waals surface area contributed by atoms with Gasteiger partial charge in [-0.05, 0) is 47.0 Å². The molecule has 0 fully saturated rings. The van der Waals surface area contributed by atoms with E-state index in [9.17, 15) is 0 Å². The minimum atomic E-state index is -0.354. The highest BCUT2D eigenvalue weighted by Crippen LogP contribution is 2.44. The molecular weight excluding hydrogens is 663 g/mol. The highest BCUT2D eigenvalue weighted by molar-refractivity contribution is 7.26. The Hall–Kier alpha value is -6.08. The summed E-state index contributed by atoms with van der Waals surface area (Å²) in [6, 6.07) is 53.6. The Morgan fingerprint density at radius 1 is 0.529 bits per heavy atom. The summed E-state index contributed by atoms with van der Waals surface area (Å²) in [4.78, 5) is 10.8. The molecule has 4 nitrogen and oxygen atoms in total. The van der Waals surface area contributed by atoms with E-state index in [1.807, 2.05) is 17.4 Å². The average Bonchev–Trinajstić information content (AvgIpc) is 3.89. The lowest BCUT2D eigenvalue weighted by Crippen LogP contribution is -2.33. The highest BCUT2D eigenvalue weighted by atomic mass is 32.1. The monoisotopic (exact) mass is 689 g/mol. The minimum Gasteiger partial charge on any atom is -0.455 e. The molecule has 0 spiro atoms. The van der Waals surface area contributed by atoms with E-state index in [1.165, 1.54) is 30.3 Å². The van der Waals surface area contributed by atoms with Gasteiger partial charge >= 0.3 is 0 Å². The maximum absolute atomic E-state index is 6.61. The van der Waals surface area contributed by atoms with Gasteiger partial charge in [-0.2, -0.15) is 0 Å². The van der Waals surface area contributed by atoms with Crippen LogP contribution in [0.15, 0.2) is 166 Å². The molecule has 6 heteroatoms. The van der Waals surface area contributed by atoms with Crippen LogP contribution in [0, 0.1) is 0 Å². The van der Waals surface area contributed by atoms with E-state index < -0.39 is 0 Å². The topological polar surface area (TPSA) is 49.9 Å². The molecule has 11 rings (SSSR count). The molecule has 4 heterocycles. The van der Waals surface area contributed by atoms with Gasteiger partial charge in [-0.25, -0.2) is 9.98 Å². The van der Waals surface area contributed by atoms with Crippen molar-refractivity contribution in [2.24, 2.45) is 9.98 Å². The zero-order valence-corrected chi connectivity index (χ0v) is 28.8. The summed E-state index contributed by atoms with van der Waals surface area (Å²) in [5.74, 6) is 1.50. The van der Waals surface area contributed by atoms with Crippen LogP contribution >= 0.6 is 22.7 Å². The van der Waals surface area contributed by atoms with Crippen LogP contribution in [0.25, 0.3) is 73.4 Å². The normalized spacial score (nSPS) is 14.9. The number of amidine groups is 2. The number of hydrogen-bond acceptors (Lipinski definition) is 6. The second-order valence-corrected chi connectivity index (χ2v) is 15.1. The Balaban J connectivity index is 1.17. The lowest BCUT2D eigenvalue weighted by molar-refractivity contribution is 0.672. The lowest BCUT2D eigenvalue weighted by Gasteiger charge is -2.25. The Bertz CT molecular complexity index is 3070. The van der Waals surface area contributed by atoms with Crippen LogP contribution < -0.4 is 5.32 Å². The molecule has 0 saturated heterocycles. The maximum atomic E-state index is 6.61. The van der Waals surface area contributed by atoms with Crippen LogP contribution in [-0.4, -0.2) is 11.7 Å². The molecular formula is C45H27N3OS2. The van der Waals surface area contributed by atoms with Gasteiger partial charge in [-0.3, -0.25) is 0 Å².